The summed E-state index contributed by atoms with van der Waals surface area (Å²) in [5.41, 5.74) is -1.13. The maximum Gasteiger partial charge on any atom is 0.323 e. The Hall–Kier alpha value is -1.50. The lowest BCUT2D eigenvalue weighted by molar-refractivity contribution is -0.149. The number of nitrogens with zero attached hydrogens (tertiary/aromatic N) is 3. The summed E-state index contributed by atoms with van der Waals surface area (Å²) in [6.45, 7) is 2.67. The molecular formula is C11H17F2N3O2. The van der Waals surface area contributed by atoms with Crippen molar-refractivity contribution in [1.29, 1.82) is 0 Å². The number of carboxylic acids is 1. The SMILES string of the molecule is CCN(Cc1nccn1C(F)F)C(C)(C)C(=O)O. The van der Waals surface area contributed by atoms with E-state index in [1.165, 1.54) is 26.2 Å². The van der Waals surface area contributed by atoms with Gasteiger partial charge in [0.05, 0.1) is 6.54 Å². The normalized spacial score (nSPS) is 12.4. The van der Waals surface area contributed by atoms with Gasteiger partial charge in [0, 0.05) is 12.4 Å². The maximum absolute atomic E-state index is 12.7. The summed E-state index contributed by atoms with van der Waals surface area (Å²) < 4.78 is 26.1. The van der Waals surface area contributed by atoms with Gasteiger partial charge < -0.3 is 5.11 Å². The summed E-state index contributed by atoms with van der Waals surface area (Å²) in [5, 5.41) is 9.13. The van der Waals surface area contributed by atoms with Crippen LogP contribution in [0.25, 0.3) is 0 Å². The molecule has 0 fully saturated rings. The van der Waals surface area contributed by atoms with Crippen LogP contribution in [0, 0.1) is 0 Å². The highest BCUT2D eigenvalue weighted by Gasteiger charge is 2.34. The number of halogens is 2. The Labute approximate surface area is 104 Å². The summed E-state index contributed by atoms with van der Waals surface area (Å²) in [5.74, 6) is -0.847. The quantitative estimate of drug-likeness (QED) is 0.850. The molecule has 0 amide bonds. The lowest BCUT2D eigenvalue weighted by Crippen LogP contribution is -2.49. The van der Waals surface area contributed by atoms with Crippen molar-refractivity contribution < 1.29 is 18.7 Å². The highest BCUT2D eigenvalue weighted by Crippen LogP contribution is 2.20. The number of aliphatic carboxylic acids is 1. The van der Waals surface area contributed by atoms with E-state index >= 15 is 0 Å². The van der Waals surface area contributed by atoms with E-state index in [9.17, 15) is 13.6 Å². The van der Waals surface area contributed by atoms with E-state index in [0.29, 0.717) is 6.54 Å². The first-order valence-corrected chi connectivity index (χ1v) is 5.59. The van der Waals surface area contributed by atoms with Crippen LogP contribution in [0.5, 0.6) is 0 Å². The van der Waals surface area contributed by atoms with Gasteiger partial charge in [-0.1, -0.05) is 6.92 Å². The second kappa shape index (κ2) is 5.43. The highest BCUT2D eigenvalue weighted by molar-refractivity contribution is 5.77. The van der Waals surface area contributed by atoms with Crippen LogP contribution in [0.4, 0.5) is 8.78 Å². The summed E-state index contributed by atoms with van der Waals surface area (Å²) in [7, 11) is 0. The molecule has 0 aliphatic heterocycles. The summed E-state index contributed by atoms with van der Waals surface area (Å²) >= 11 is 0. The van der Waals surface area contributed by atoms with E-state index < -0.39 is 18.1 Å². The molecule has 18 heavy (non-hydrogen) atoms. The number of carboxylic acid groups (broad SMARTS) is 1. The third-order valence-electron chi connectivity index (χ3n) is 2.99. The van der Waals surface area contributed by atoms with Gasteiger partial charge in [0.25, 0.3) is 0 Å². The van der Waals surface area contributed by atoms with E-state index in [4.69, 9.17) is 5.11 Å². The Kier molecular flexibility index (Phi) is 4.39. The van der Waals surface area contributed by atoms with Crippen molar-refractivity contribution >= 4 is 5.97 Å². The van der Waals surface area contributed by atoms with Gasteiger partial charge in [0.15, 0.2) is 0 Å². The molecule has 1 aromatic rings. The molecule has 102 valence electrons. The number of alkyl halides is 2. The number of likely N-dealkylation sites (N-methyl/N-ethyl adjacent to an activating group) is 1. The fourth-order valence-corrected chi connectivity index (χ4v) is 1.65. The molecule has 0 saturated heterocycles. The van der Waals surface area contributed by atoms with Gasteiger partial charge in [-0.2, -0.15) is 8.78 Å². The minimum absolute atomic E-state index is 0.0626. The van der Waals surface area contributed by atoms with E-state index in [1.807, 2.05) is 0 Å². The second-order valence-corrected chi connectivity index (χ2v) is 4.41. The first-order chi connectivity index (χ1) is 8.30. The molecule has 0 spiro atoms. The zero-order chi connectivity index (χ0) is 13.9. The molecule has 1 N–H and O–H groups in total. The molecule has 0 bridgehead atoms. The smallest absolute Gasteiger partial charge is 0.323 e. The Morgan fingerprint density at radius 3 is 2.67 bits per heavy atom. The predicted octanol–water partition coefficient (Wildman–Crippen LogP) is 1.96. The minimum Gasteiger partial charge on any atom is -0.480 e. The Morgan fingerprint density at radius 1 is 1.61 bits per heavy atom. The van der Waals surface area contributed by atoms with E-state index in [2.05, 4.69) is 4.98 Å². The second-order valence-electron chi connectivity index (χ2n) is 4.41. The van der Waals surface area contributed by atoms with Crippen molar-refractivity contribution in [2.75, 3.05) is 6.54 Å². The molecular weight excluding hydrogens is 244 g/mol. The van der Waals surface area contributed by atoms with Crippen LogP contribution in [0.15, 0.2) is 12.4 Å². The van der Waals surface area contributed by atoms with E-state index in [1.54, 1.807) is 11.8 Å². The molecule has 1 rings (SSSR count). The third kappa shape index (κ3) is 2.84. The van der Waals surface area contributed by atoms with Crippen LogP contribution in [0.2, 0.25) is 0 Å². The predicted molar refractivity (Wildman–Crippen MR) is 61.3 cm³/mol. The fraction of sp³-hybridized carbons (Fsp3) is 0.636. The lowest BCUT2D eigenvalue weighted by atomic mass is 10.0. The average Bonchev–Trinajstić information content (AvgIpc) is 2.73. The lowest BCUT2D eigenvalue weighted by Gasteiger charge is -2.33. The Bertz CT molecular complexity index is 418. The molecule has 0 aromatic carbocycles. The standard InChI is InChI=1S/C11H17F2N3O2/c1-4-15(11(2,3)9(17)18)7-8-14-5-6-16(8)10(12)13/h5-6,10H,4,7H2,1-3H3,(H,17,18). The van der Waals surface area contributed by atoms with Crippen LogP contribution in [-0.2, 0) is 11.3 Å². The molecule has 1 heterocycles. The van der Waals surface area contributed by atoms with Crippen molar-refractivity contribution in [1.82, 2.24) is 14.5 Å². The first kappa shape index (κ1) is 14.6. The number of hydrogen-bond acceptors (Lipinski definition) is 3. The van der Waals surface area contributed by atoms with Crippen LogP contribution in [-0.4, -0.2) is 37.6 Å². The molecule has 0 radical (unpaired) electrons. The Balaban J connectivity index is 2.93. The van der Waals surface area contributed by atoms with Gasteiger partial charge >= 0.3 is 12.5 Å². The topological polar surface area (TPSA) is 58.4 Å². The van der Waals surface area contributed by atoms with E-state index in [-0.39, 0.29) is 12.4 Å². The molecule has 0 atom stereocenters. The van der Waals surface area contributed by atoms with Crippen molar-refractivity contribution in [3.05, 3.63) is 18.2 Å². The van der Waals surface area contributed by atoms with Gasteiger partial charge in [-0.15, -0.1) is 0 Å². The molecule has 7 heteroatoms. The van der Waals surface area contributed by atoms with Gasteiger partial charge in [-0.05, 0) is 20.4 Å². The fourth-order valence-electron chi connectivity index (χ4n) is 1.65. The van der Waals surface area contributed by atoms with Gasteiger partial charge in [0.1, 0.15) is 11.4 Å². The monoisotopic (exact) mass is 261 g/mol. The maximum atomic E-state index is 12.7. The molecule has 5 nitrogen and oxygen atoms in total. The number of aromatic nitrogens is 2. The zero-order valence-electron chi connectivity index (χ0n) is 10.6. The summed E-state index contributed by atoms with van der Waals surface area (Å²) in [4.78, 5) is 16.6. The van der Waals surface area contributed by atoms with E-state index in [0.717, 1.165) is 4.57 Å². The highest BCUT2D eigenvalue weighted by atomic mass is 19.3. The number of rotatable bonds is 6. The number of carbonyl (C=O) groups is 1. The third-order valence-corrected chi connectivity index (χ3v) is 2.99. The van der Waals surface area contributed by atoms with Gasteiger partial charge in [0.2, 0.25) is 0 Å². The van der Waals surface area contributed by atoms with Crippen LogP contribution in [0.3, 0.4) is 0 Å². The largest absolute Gasteiger partial charge is 0.480 e. The average molecular weight is 261 g/mol. The van der Waals surface area contributed by atoms with Crippen LogP contribution < -0.4 is 0 Å². The zero-order valence-corrected chi connectivity index (χ0v) is 10.6. The molecule has 0 saturated carbocycles. The van der Waals surface area contributed by atoms with Gasteiger partial charge in [-0.25, -0.2) is 4.98 Å². The van der Waals surface area contributed by atoms with Crippen LogP contribution in [0.1, 0.15) is 33.1 Å². The molecule has 0 aliphatic rings. The van der Waals surface area contributed by atoms with Crippen molar-refractivity contribution in [2.24, 2.45) is 0 Å². The molecule has 0 unspecified atom stereocenters. The number of hydrogen-bond donors (Lipinski definition) is 1. The van der Waals surface area contributed by atoms with Crippen molar-refractivity contribution in [2.45, 2.75) is 39.4 Å². The van der Waals surface area contributed by atoms with Crippen LogP contribution >= 0.6 is 0 Å². The minimum atomic E-state index is -2.67. The Morgan fingerprint density at radius 2 is 2.22 bits per heavy atom. The van der Waals surface area contributed by atoms with Crippen molar-refractivity contribution in [3.63, 3.8) is 0 Å². The molecule has 1 aromatic heterocycles. The van der Waals surface area contributed by atoms with Crippen molar-refractivity contribution in [3.8, 4) is 0 Å². The summed E-state index contributed by atoms with van der Waals surface area (Å²) in [6.07, 6.45) is 2.46. The first-order valence-electron chi connectivity index (χ1n) is 5.59. The number of imidazole rings is 1. The molecule has 0 aliphatic carbocycles. The van der Waals surface area contributed by atoms with Gasteiger partial charge in [-0.3, -0.25) is 14.3 Å². The summed E-state index contributed by atoms with van der Waals surface area (Å²) in [6, 6.07) is 0.